The van der Waals surface area contributed by atoms with Crippen molar-refractivity contribution in [1.29, 1.82) is 0 Å². The Kier molecular flexibility index (Phi) is 5.05. The van der Waals surface area contributed by atoms with E-state index in [4.69, 9.17) is 10.7 Å². The van der Waals surface area contributed by atoms with Gasteiger partial charge in [0.1, 0.15) is 0 Å². The fraction of sp³-hybridized carbons (Fsp3) is 1.00. The number of rotatable bonds is 2. The molecule has 0 radical (unpaired) electrons. The fourth-order valence-corrected chi connectivity index (χ4v) is 2.13. The van der Waals surface area contributed by atoms with Crippen LogP contribution in [0, 0.1) is 5.41 Å². The van der Waals surface area contributed by atoms with E-state index in [1.54, 1.807) is 13.8 Å². The Bertz CT molecular complexity index is 247. The molecule has 0 aliphatic heterocycles. The highest BCUT2D eigenvalue weighted by atomic mass is 35.7. The van der Waals surface area contributed by atoms with Crippen molar-refractivity contribution >= 4 is 19.7 Å². The highest BCUT2D eigenvalue weighted by Gasteiger charge is 2.36. The minimum absolute atomic E-state index is 0. The van der Waals surface area contributed by atoms with Crippen molar-refractivity contribution < 1.29 is 8.42 Å². The van der Waals surface area contributed by atoms with Crippen LogP contribution >= 0.6 is 10.7 Å². The van der Waals surface area contributed by atoms with Gasteiger partial charge in [0.15, 0.2) is 0 Å². The van der Waals surface area contributed by atoms with Crippen LogP contribution in [0.25, 0.3) is 0 Å². The van der Waals surface area contributed by atoms with Crippen LogP contribution in [0.3, 0.4) is 0 Å². The van der Waals surface area contributed by atoms with Crippen LogP contribution in [0.5, 0.6) is 0 Å². The first-order valence-electron chi connectivity index (χ1n) is 3.90. The summed E-state index contributed by atoms with van der Waals surface area (Å²) >= 11 is 0. The predicted octanol–water partition coefficient (Wildman–Crippen LogP) is 3.41. The third-order valence-corrected chi connectivity index (χ3v) is 4.33. The van der Waals surface area contributed by atoms with Gasteiger partial charge < -0.3 is 0 Å². The number of halogens is 1. The molecule has 82 valence electrons. The molecule has 0 heterocycles. The second kappa shape index (κ2) is 4.18. The first-order valence-corrected chi connectivity index (χ1v) is 6.21. The van der Waals surface area contributed by atoms with Gasteiger partial charge in [-0.3, -0.25) is 0 Å². The predicted molar refractivity (Wildman–Crippen MR) is 59.7 cm³/mol. The van der Waals surface area contributed by atoms with Crippen molar-refractivity contribution in [3.63, 3.8) is 0 Å². The van der Waals surface area contributed by atoms with E-state index in [2.05, 4.69) is 0 Å². The Labute approximate surface area is 87.1 Å². The Morgan fingerprint density at radius 1 is 1.08 bits per heavy atom. The Morgan fingerprint density at radius 2 is 1.38 bits per heavy atom. The van der Waals surface area contributed by atoms with Crippen molar-refractivity contribution in [1.82, 2.24) is 0 Å². The molecule has 0 aromatic carbocycles. The molecule has 0 saturated carbocycles. The molecule has 2 nitrogen and oxygen atoms in total. The average molecular weight is 229 g/mol. The Morgan fingerprint density at radius 3 is 1.46 bits per heavy atom. The van der Waals surface area contributed by atoms with E-state index in [9.17, 15) is 8.42 Å². The summed E-state index contributed by atoms with van der Waals surface area (Å²) in [7, 11) is 1.84. The molecule has 0 atom stereocenters. The summed E-state index contributed by atoms with van der Waals surface area (Å²) < 4.78 is 21.4. The minimum atomic E-state index is -3.46. The molecule has 0 saturated heterocycles. The molecule has 0 rings (SSSR count). The summed E-state index contributed by atoms with van der Waals surface area (Å²) in [6, 6.07) is 0. The van der Waals surface area contributed by atoms with Crippen molar-refractivity contribution in [3.05, 3.63) is 0 Å². The van der Waals surface area contributed by atoms with E-state index < -0.39 is 13.8 Å². The quantitative estimate of drug-likeness (QED) is 0.679. The lowest BCUT2D eigenvalue weighted by atomic mass is 9.86. The molecule has 0 fully saturated rings. The normalized spacial score (nSPS) is 13.7. The third kappa shape index (κ3) is 5.53. The molecule has 0 unspecified atom stereocenters. The minimum Gasteiger partial charge on any atom is -0.212 e. The number of hydrogen-bond donors (Lipinski definition) is 0. The second-order valence-corrected chi connectivity index (χ2v) is 8.13. The Balaban J connectivity index is 0. The van der Waals surface area contributed by atoms with Gasteiger partial charge in [-0.1, -0.05) is 28.2 Å². The average Bonchev–Trinajstić information content (AvgIpc) is 1.52. The summed E-state index contributed by atoms with van der Waals surface area (Å²) in [6.45, 7) is 9.30. The van der Waals surface area contributed by atoms with Gasteiger partial charge in [0, 0.05) is 10.7 Å². The Hall–Kier alpha value is 0.240. The van der Waals surface area contributed by atoms with Crippen LogP contribution in [0.4, 0.5) is 0 Å². The molecule has 4 heteroatoms. The lowest BCUT2D eigenvalue weighted by Crippen LogP contribution is -2.32. The van der Waals surface area contributed by atoms with Crippen molar-refractivity contribution in [2.75, 3.05) is 0 Å². The maximum Gasteiger partial charge on any atom is 0.237 e. The van der Waals surface area contributed by atoms with Gasteiger partial charge in [-0.25, -0.2) is 8.42 Å². The van der Waals surface area contributed by atoms with E-state index in [0.29, 0.717) is 6.42 Å². The van der Waals surface area contributed by atoms with Crippen molar-refractivity contribution in [2.45, 2.75) is 53.2 Å². The monoisotopic (exact) mass is 228 g/mol. The summed E-state index contributed by atoms with van der Waals surface area (Å²) in [5.41, 5.74) is -0.0224. The molecule has 0 aliphatic rings. The molecular weight excluding hydrogens is 208 g/mol. The summed E-state index contributed by atoms with van der Waals surface area (Å²) in [5, 5.41) is 0. The van der Waals surface area contributed by atoms with E-state index in [-0.39, 0.29) is 12.8 Å². The van der Waals surface area contributed by atoms with E-state index >= 15 is 0 Å². The first-order chi connectivity index (χ1) is 4.96. The summed E-state index contributed by atoms with van der Waals surface area (Å²) in [4.78, 5) is 0. The van der Waals surface area contributed by atoms with Crippen LogP contribution < -0.4 is 0 Å². The summed E-state index contributed by atoms with van der Waals surface area (Å²) in [5.74, 6) is 0. The fourth-order valence-electron chi connectivity index (χ4n) is 1.36. The van der Waals surface area contributed by atoms with Crippen LogP contribution in [0.2, 0.25) is 0 Å². The molecule has 0 bridgehead atoms. The highest BCUT2D eigenvalue weighted by molar-refractivity contribution is 8.14. The van der Waals surface area contributed by atoms with Crippen molar-refractivity contribution in [2.24, 2.45) is 5.41 Å². The van der Waals surface area contributed by atoms with Gasteiger partial charge in [-0.05, 0) is 25.7 Å². The van der Waals surface area contributed by atoms with Gasteiger partial charge in [-0.2, -0.15) is 0 Å². The zero-order valence-corrected chi connectivity index (χ0v) is 9.88. The van der Waals surface area contributed by atoms with Gasteiger partial charge in [0.05, 0.1) is 4.75 Å². The zero-order chi connectivity index (χ0) is 10.2. The van der Waals surface area contributed by atoms with Gasteiger partial charge in [0.2, 0.25) is 9.05 Å². The molecular formula is C9H21ClO2S. The smallest absolute Gasteiger partial charge is 0.212 e. The van der Waals surface area contributed by atoms with Crippen molar-refractivity contribution in [3.8, 4) is 0 Å². The maximum absolute atomic E-state index is 11.1. The van der Waals surface area contributed by atoms with Gasteiger partial charge >= 0.3 is 0 Å². The second-order valence-electron chi connectivity index (χ2n) is 4.93. The van der Waals surface area contributed by atoms with E-state index in [0.717, 1.165) is 0 Å². The topological polar surface area (TPSA) is 34.1 Å². The van der Waals surface area contributed by atoms with Crippen LogP contribution in [-0.4, -0.2) is 13.2 Å². The molecule has 0 aromatic rings. The zero-order valence-electron chi connectivity index (χ0n) is 8.31. The van der Waals surface area contributed by atoms with E-state index in [1.165, 1.54) is 0 Å². The van der Waals surface area contributed by atoms with Crippen LogP contribution in [0.15, 0.2) is 0 Å². The molecule has 0 N–H and O–H groups in total. The molecule has 0 spiro atoms. The third-order valence-electron chi connectivity index (χ3n) is 1.62. The van der Waals surface area contributed by atoms with Gasteiger partial charge in [0.25, 0.3) is 0 Å². The van der Waals surface area contributed by atoms with Crippen LogP contribution in [-0.2, 0) is 9.05 Å². The maximum atomic E-state index is 11.1. The molecule has 13 heavy (non-hydrogen) atoms. The lowest BCUT2D eigenvalue weighted by Gasteiger charge is -2.29. The largest absolute Gasteiger partial charge is 0.237 e. The molecule has 0 amide bonds. The first kappa shape index (κ1) is 15.7. The van der Waals surface area contributed by atoms with E-state index in [1.807, 2.05) is 20.8 Å². The number of hydrogen-bond acceptors (Lipinski definition) is 2. The standard InChI is InChI=1S/C8H17ClO2S.CH4/c1-7(2,3)6-8(4,5)12(9,10)11;/h6H2,1-5H3;1H4. The van der Waals surface area contributed by atoms with Crippen LogP contribution in [0.1, 0.15) is 48.5 Å². The highest BCUT2D eigenvalue weighted by Crippen LogP contribution is 2.34. The molecule has 0 aromatic heterocycles. The van der Waals surface area contributed by atoms with Gasteiger partial charge in [-0.15, -0.1) is 0 Å². The SMILES string of the molecule is C.CC(C)(C)CC(C)(C)S(=O)(=O)Cl. The molecule has 0 aliphatic carbocycles. The summed E-state index contributed by atoms with van der Waals surface area (Å²) in [6.07, 6.45) is 0.561. The lowest BCUT2D eigenvalue weighted by molar-refractivity contribution is 0.331.